The van der Waals surface area contributed by atoms with Gasteiger partial charge in [0.25, 0.3) is 0 Å². The average Bonchev–Trinajstić information content (AvgIpc) is 2.86. The Morgan fingerprint density at radius 2 is 1.50 bits per heavy atom. The molecule has 0 heterocycles. The summed E-state index contributed by atoms with van der Waals surface area (Å²) in [5.74, 6) is -4.40. The van der Waals surface area contributed by atoms with Crippen molar-refractivity contribution < 1.29 is 33.4 Å². The van der Waals surface area contributed by atoms with E-state index in [0.29, 0.717) is 19.3 Å². The fraction of sp³-hybridized carbons (Fsp3) is 0.483. The Morgan fingerprint density at radius 3 is 2.11 bits per heavy atom. The standard InChI is InChI=1S/C29H38F2N2O5/c1-29(2,13-11-26(35)28(38)24(33)14-18-6-4-3-5-7-18)12-10-25(34)21(17-27(36)37)23(32)16-19-15-20(30)8-9-22(19)31/h3-9,15,21,23-24,28,38H,10-14,16-17,32-33H2,1-2H3,(H,36,37). The van der Waals surface area contributed by atoms with Crippen molar-refractivity contribution in [1.82, 2.24) is 0 Å². The van der Waals surface area contributed by atoms with Gasteiger partial charge in [-0.2, -0.15) is 0 Å². The highest BCUT2D eigenvalue weighted by molar-refractivity contribution is 5.86. The van der Waals surface area contributed by atoms with Crippen LogP contribution in [-0.2, 0) is 27.2 Å². The van der Waals surface area contributed by atoms with Crippen molar-refractivity contribution in [3.05, 3.63) is 71.3 Å². The summed E-state index contributed by atoms with van der Waals surface area (Å²) < 4.78 is 27.6. The Labute approximate surface area is 222 Å². The molecular weight excluding hydrogens is 494 g/mol. The van der Waals surface area contributed by atoms with Gasteiger partial charge >= 0.3 is 5.97 Å². The van der Waals surface area contributed by atoms with Gasteiger partial charge in [0.15, 0.2) is 5.78 Å². The van der Waals surface area contributed by atoms with Gasteiger partial charge in [-0.3, -0.25) is 14.4 Å². The zero-order chi connectivity index (χ0) is 28.5. The number of carbonyl (C=O) groups is 3. The first kappa shape index (κ1) is 31.2. The molecule has 4 unspecified atom stereocenters. The van der Waals surface area contributed by atoms with Crippen LogP contribution in [0.2, 0.25) is 0 Å². The third-order valence-corrected chi connectivity index (χ3v) is 6.93. The molecule has 0 spiro atoms. The quantitative estimate of drug-likeness (QED) is 0.259. The van der Waals surface area contributed by atoms with Crippen molar-refractivity contribution in [3.63, 3.8) is 0 Å². The fourth-order valence-corrected chi connectivity index (χ4v) is 4.41. The number of benzene rings is 2. The number of aliphatic hydroxyl groups is 1. The van der Waals surface area contributed by atoms with Crippen molar-refractivity contribution in [2.24, 2.45) is 22.8 Å². The molecule has 0 radical (unpaired) electrons. The van der Waals surface area contributed by atoms with E-state index in [1.54, 1.807) is 0 Å². The molecule has 0 aliphatic rings. The Bertz CT molecular complexity index is 1090. The van der Waals surface area contributed by atoms with E-state index in [-0.39, 0.29) is 36.4 Å². The van der Waals surface area contributed by atoms with Gasteiger partial charge in [-0.25, -0.2) is 8.78 Å². The highest BCUT2D eigenvalue weighted by Crippen LogP contribution is 2.30. The SMILES string of the molecule is CC(C)(CCC(=O)C(O)C(N)Cc1ccccc1)CCC(=O)C(CC(=O)O)C(N)Cc1cc(F)ccc1F. The Kier molecular flexibility index (Phi) is 11.7. The molecular formula is C29H38F2N2O5. The van der Waals surface area contributed by atoms with Crippen LogP contribution in [0, 0.1) is 23.0 Å². The Hall–Kier alpha value is -3.01. The molecule has 9 heteroatoms. The lowest BCUT2D eigenvalue weighted by molar-refractivity contribution is -0.141. The summed E-state index contributed by atoms with van der Waals surface area (Å²) in [6.07, 6.45) is -0.852. The molecule has 208 valence electrons. The smallest absolute Gasteiger partial charge is 0.304 e. The summed E-state index contributed by atoms with van der Waals surface area (Å²) in [4.78, 5) is 36.9. The van der Waals surface area contributed by atoms with E-state index in [1.807, 2.05) is 44.2 Å². The first-order chi connectivity index (χ1) is 17.8. The molecule has 0 saturated heterocycles. The van der Waals surface area contributed by atoms with Gasteiger partial charge in [-0.15, -0.1) is 0 Å². The normalized spacial score (nSPS) is 14.9. The molecule has 2 aromatic carbocycles. The molecule has 6 N–H and O–H groups in total. The fourth-order valence-electron chi connectivity index (χ4n) is 4.41. The first-order valence-corrected chi connectivity index (χ1v) is 12.7. The second-order valence-corrected chi connectivity index (χ2v) is 10.7. The molecule has 38 heavy (non-hydrogen) atoms. The zero-order valence-electron chi connectivity index (χ0n) is 21.9. The third-order valence-electron chi connectivity index (χ3n) is 6.93. The van der Waals surface area contributed by atoms with Crippen LogP contribution in [0.25, 0.3) is 0 Å². The molecule has 0 bridgehead atoms. The lowest BCUT2D eigenvalue weighted by Crippen LogP contribution is -2.42. The maximum atomic E-state index is 14.1. The average molecular weight is 533 g/mol. The largest absolute Gasteiger partial charge is 0.481 e. The van der Waals surface area contributed by atoms with Gasteiger partial charge in [-0.1, -0.05) is 44.2 Å². The highest BCUT2D eigenvalue weighted by Gasteiger charge is 2.31. The van der Waals surface area contributed by atoms with Gasteiger partial charge in [0.05, 0.1) is 6.42 Å². The highest BCUT2D eigenvalue weighted by atomic mass is 19.1. The lowest BCUT2D eigenvalue weighted by Gasteiger charge is -2.27. The monoisotopic (exact) mass is 532 g/mol. The summed E-state index contributed by atoms with van der Waals surface area (Å²) in [7, 11) is 0. The van der Waals surface area contributed by atoms with Crippen molar-refractivity contribution in [1.29, 1.82) is 0 Å². The molecule has 0 aliphatic heterocycles. The lowest BCUT2D eigenvalue weighted by atomic mass is 9.78. The summed E-state index contributed by atoms with van der Waals surface area (Å²) >= 11 is 0. The van der Waals surface area contributed by atoms with E-state index >= 15 is 0 Å². The van der Waals surface area contributed by atoms with Crippen LogP contribution in [0.5, 0.6) is 0 Å². The van der Waals surface area contributed by atoms with Gasteiger partial charge in [0.1, 0.15) is 23.5 Å². The van der Waals surface area contributed by atoms with Gasteiger partial charge in [0.2, 0.25) is 0 Å². The van der Waals surface area contributed by atoms with Crippen LogP contribution in [-0.4, -0.2) is 45.9 Å². The molecule has 4 atom stereocenters. The van der Waals surface area contributed by atoms with Gasteiger partial charge in [-0.05, 0) is 60.4 Å². The predicted molar refractivity (Wildman–Crippen MR) is 140 cm³/mol. The number of carboxylic acids is 1. The van der Waals surface area contributed by atoms with E-state index in [9.17, 15) is 33.4 Å². The number of Topliss-reactive ketones (excluding diaryl/α,β-unsaturated/α-hetero) is 2. The predicted octanol–water partition coefficient (Wildman–Crippen LogP) is 3.58. The van der Waals surface area contributed by atoms with Crippen LogP contribution in [0.15, 0.2) is 48.5 Å². The minimum absolute atomic E-state index is 0.00848. The number of nitrogens with two attached hydrogens (primary N) is 2. The van der Waals surface area contributed by atoms with Crippen molar-refractivity contribution in [2.45, 2.75) is 77.0 Å². The minimum Gasteiger partial charge on any atom is -0.481 e. The van der Waals surface area contributed by atoms with E-state index in [0.717, 1.165) is 23.8 Å². The summed E-state index contributed by atoms with van der Waals surface area (Å²) in [5.41, 5.74) is 12.6. The van der Waals surface area contributed by atoms with Crippen molar-refractivity contribution >= 4 is 17.5 Å². The number of aliphatic carboxylic acids is 1. The zero-order valence-corrected chi connectivity index (χ0v) is 21.9. The third kappa shape index (κ3) is 10.0. The molecule has 0 saturated carbocycles. The Morgan fingerprint density at radius 1 is 0.895 bits per heavy atom. The molecule has 0 amide bonds. The number of ketones is 2. The number of carboxylic acid groups (broad SMARTS) is 1. The molecule has 0 aliphatic carbocycles. The maximum absolute atomic E-state index is 14.1. The summed E-state index contributed by atoms with van der Waals surface area (Å²) in [6, 6.07) is 10.5. The van der Waals surface area contributed by atoms with Crippen LogP contribution >= 0.6 is 0 Å². The van der Waals surface area contributed by atoms with Crippen molar-refractivity contribution in [3.8, 4) is 0 Å². The van der Waals surface area contributed by atoms with E-state index in [1.165, 1.54) is 0 Å². The molecule has 0 fully saturated rings. The van der Waals surface area contributed by atoms with Gasteiger partial charge < -0.3 is 21.7 Å². The molecule has 2 rings (SSSR count). The van der Waals surface area contributed by atoms with E-state index < -0.39 is 53.5 Å². The van der Waals surface area contributed by atoms with E-state index in [2.05, 4.69) is 0 Å². The second-order valence-electron chi connectivity index (χ2n) is 10.7. The number of carbonyl (C=O) groups excluding carboxylic acids is 2. The van der Waals surface area contributed by atoms with Gasteiger partial charge in [0, 0.05) is 30.8 Å². The number of aliphatic hydroxyl groups excluding tert-OH is 1. The van der Waals surface area contributed by atoms with Crippen LogP contribution in [0.4, 0.5) is 8.78 Å². The summed E-state index contributed by atoms with van der Waals surface area (Å²) in [6.45, 7) is 3.75. The molecule has 7 nitrogen and oxygen atoms in total. The first-order valence-electron chi connectivity index (χ1n) is 12.7. The van der Waals surface area contributed by atoms with E-state index in [4.69, 9.17) is 11.5 Å². The minimum atomic E-state index is -1.31. The van der Waals surface area contributed by atoms with Crippen LogP contribution in [0.1, 0.15) is 57.1 Å². The molecule has 2 aromatic rings. The summed E-state index contributed by atoms with van der Waals surface area (Å²) in [5, 5.41) is 19.7. The Balaban J connectivity index is 1.92. The van der Waals surface area contributed by atoms with Crippen LogP contribution < -0.4 is 11.5 Å². The number of hydrogen-bond donors (Lipinski definition) is 4. The van der Waals surface area contributed by atoms with Crippen LogP contribution in [0.3, 0.4) is 0 Å². The number of hydrogen-bond acceptors (Lipinski definition) is 6. The second kappa shape index (κ2) is 14.2. The number of halogens is 2. The maximum Gasteiger partial charge on any atom is 0.304 e. The topological polar surface area (TPSA) is 144 Å². The molecule has 0 aromatic heterocycles. The van der Waals surface area contributed by atoms with Crippen molar-refractivity contribution in [2.75, 3.05) is 0 Å². The number of rotatable bonds is 16.